The first-order valence-corrected chi connectivity index (χ1v) is 8.09. The molecule has 2 rings (SSSR count). The van der Waals surface area contributed by atoms with E-state index in [0.29, 0.717) is 12.0 Å². The van der Waals surface area contributed by atoms with Crippen LogP contribution < -0.4 is 5.32 Å². The maximum absolute atomic E-state index is 4.54. The van der Waals surface area contributed by atoms with E-state index in [1.807, 2.05) is 13.3 Å². The third-order valence-electron chi connectivity index (χ3n) is 4.22. The van der Waals surface area contributed by atoms with Gasteiger partial charge in [0.15, 0.2) is 0 Å². The van der Waals surface area contributed by atoms with Gasteiger partial charge in [-0.1, -0.05) is 6.92 Å². The molecule has 2 aromatic heterocycles. The van der Waals surface area contributed by atoms with Crippen molar-refractivity contribution >= 4 is 0 Å². The van der Waals surface area contributed by atoms with Gasteiger partial charge < -0.3 is 9.88 Å². The van der Waals surface area contributed by atoms with Gasteiger partial charge in [0.25, 0.3) is 0 Å². The van der Waals surface area contributed by atoms with E-state index in [0.717, 1.165) is 31.0 Å². The topological polar surface area (TPSA) is 47.7 Å². The Hall–Kier alpha value is -1.62. The fourth-order valence-corrected chi connectivity index (χ4v) is 2.71. The molecule has 0 aliphatic carbocycles. The summed E-state index contributed by atoms with van der Waals surface area (Å²) in [6.45, 7) is 15.7. The number of hydrogen-bond donors (Lipinski definition) is 1. The monoisotopic (exact) mass is 303 g/mol. The van der Waals surface area contributed by atoms with E-state index >= 15 is 0 Å². The van der Waals surface area contributed by atoms with Crippen LogP contribution in [0.1, 0.15) is 36.6 Å². The summed E-state index contributed by atoms with van der Waals surface area (Å²) in [5, 5.41) is 8.16. The first kappa shape index (κ1) is 16.7. The Morgan fingerprint density at radius 1 is 1.14 bits per heavy atom. The van der Waals surface area contributed by atoms with Crippen molar-refractivity contribution in [2.24, 2.45) is 5.92 Å². The molecule has 122 valence electrons. The van der Waals surface area contributed by atoms with Crippen LogP contribution in [0.2, 0.25) is 0 Å². The Morgan fingerprint density at radius 2 is 1.86 bits per heavy atom. The third-order valence-corrected chi connectivity index (χ3v) is 4.22. The molecule has 0 radical (unpaired) electrons. The Balaban J connectivity index is 1.79. The minimum absolute atomic E-state index is 0.426. The number of aryl methyl sites for hydroxylation is 3. The van der Waals surface area contributed by atoms with Gasteiger partial charge in [-0.05, 0) is 53.1 Å². The van der Waals surface area contributed by atoms with Crippen molar-refractivity contribution in [2.45, 2.75) is 60.7 Å². The van der Waals surface area contributed by atoms with Crippen LogP contribution >= 0.6 is 0 Å². The van der Waals surface area contributed by atoms with Gasteiger partial charge in [0.2, 0.25) is 0 Å². The Bertz CT molecular complexity index is 601. The van der Waals surface area contributed by atoms with Crippen LogP contribution in [0.5, 0.6) is 0 Å². The lowest BCUT2D eigenvalue weighted by Crippen LogP contribution is -2.35. The van der Waals surface area contributed by atoms with E-state index < -0.39 is 0 Å². The molecule has 2 aromatic rings. The van der Waals surface area contributed by atoms with Crippen molar-refractivity contribution in [2.75, 3.05) is 6.54 Å². The van der Waals surface area contributed by atoms with E-state index in [2.05, 4.69) is 65.3 Å². The summed E-state index contributed by atoms with van der Waals surface area (Å²) in [5.41, 5.74) is 4.70. The maximum atomic E-state index is 4.54. The predicted octanol–water partition coefficient (Wildman–Crippen LogP) is 2.63. The minimum atomic E-state index is 0.426. The number of rotatable bonds is 7. The summed E-state index contributed by atoms with van der Waals surface area (Å²) in [4.78, 5) is 4.36. The molecule has 5 heteroatoms. The van der Waals surface area contributed by atoms with Gasteiger partial charge in [0.1, 0.15) is 0 Å². The van der Waals surface area contributed by atoms with Crippen LogP contribution in [-0.2, 0) is 13.1 Å². The van der Waals surface area contributed by atoms with Gasteiger partial charge in [-0.3, -0.25) is 4.68 Å². The standard InChI is InChI=1S/C17H29N5/c1-12(9-22-15(4)7-13(2)20-22)8-18-14(3)10-21-11-19-16(5)17(21)6/h7,11-12,14,18H,8-10H2,1-6H3/t12-,14+/m0/s1. The molecule has 0 unspecified atom stereocenters. The van der Waals surface area contributed by atoms with Gasteiger partial charge in [-0.2, -0.15) is 5.10 Å². The predicted molar refractivity (Wildman–Crippen MR) is 90.0 cm³/mol. The second kappa shape index (κ2) is 7.09. The molecule has 2 atom stereocenters. The molecule has 0 fully saturated rings. The van der Waals surface area contributed by atoms with E-state index in [4.69, 9.17) is 0 Å². The molecule has 1 N–H and O–H groups in total. The van der Waals surface area contributed by atoms with Gasteiger partial charge in [0, 0.05) is 30.5 Å². The summed E-state index contributed by atoms with van der Waals surface area (Å²) in [7, 11) is 0. The van der Waals surface area contributed by atoms with Crippen molar-refractivity contribution in [3.8, 4) is 0 Å². The van der Waals surface area contributed by atoms with Gasteiger partial charge in [-0.15, -0.1) is 0 Å². The molecule has 0 saturated carbocycles. The summed E-state index contributed by atoms with van der Waals surface area (Å²) >= 11 is 0. The average Bonchev–Trinajstić information content (AvgIpc) is 2.93. The fraction of sp³-hybridized carbons (Fsp3) is 0.647. The molecule has 0 bridgehead atoms. The van der Waals surface area contributed by atoms with Crippen LogP contribution in [-0.4, -0.2) is 31.9 Å². The number of aromatic nitrogens is 4. The number of hydrogen-bond acceptors (Lipinski definition) is 3. The van der Waals surface area contributed by atoms with E-state index in [9.17, 15) is 0 Å². The minimum Gasteiger partial charge on any atom is -0.333 e. The Labute approximate surface area is 133 Å². The lowest BCUT2D eigenvalue weighted by Gasteiger charge is -2.19. The third kappa shape index (κ3) is 4.19. The van der Waals surface area contributed by atoms with Gasteiger partial charge in [0.05, 0.1) is 17.7 Å². The van der Waals surface area contributed by atoms with Crippen molar-refractivity contribution in [3.63, 3.8) is 0 Å². The molecule has 0 aliphatic heterocycles. The zero-order valence-corrected chi connectivity index (χ0v) is 14.7. The highest BCUT2D eigenvalue weighted by atomic mass is 15.3. The van der Waals surface area contributed by atoms with Gasteiger partial charge >= 0.3 is 0 Å². The summed E-state index contributed by atoms with van der Waals surface area (Å²) < 4.78 is 4.33. The zero-order valence-electron chi connectivity index (χ0n) is 14.7. The summed E-state index contributed by atoms with van der Waals surface area (Å²) in [5.74, 6) is 0.547. The highest BCUT2D eigenvalue weighted by molar-refractivity contribution is 5.08. The summed E-state index contributed by atoms with van der Waals surface area (Å²) in [6, 6.07) is 2.56. The maximum Gasteiger partial charge on any atom is 0.0951 e. The van der Waals surface area contributed by atoms with Crippen molar-refractivity contribution in [1.82, 2.24) is 24.6 Å². The molecule has 0 amide bonds. The second-order valence-corrected chi connectivity index (χ2v) is 6.59. The smallest absolute Gasteiger partial charge is 0.0951 e. The molecule has 0 aromatic carbocycles. The van der Waals surface area contributed by atoms with E-state index in [1.54, 1.807) is 0 Å². The lowest BCUT2D eigenvalue weighted by atomic mass is 10.1. The molecule has 2 heterocycles. The first-order chi connectivity index (χ1) is 10.4. The normalized spacial score (nSPS) is 14.3. The van der Waals surface area contributed by atoms with E-state index in [-0.39, 0.29) is 0 Å². The second-order valence-electron chi connectivity index (χ2n) is 6.59. The molecule has 22 heavy (non-hydrogen) atoms. The van der Waals surface area contributed by atoms with Crippen LogP contribution in [0.25, 0.3) is 0 Å². The lowest BCUT2D eigenvalue weighted by molar-refractivity contribution is 0.378. The first-order valence-electron chi connectivity index (χ1n) is 8.09. The van der Waals surface area contributed by atoms with Crippen molar-refractivity contribution in [1.29, 1.82) is 0 Å². The SMILES string of the molecule is Cc1cc(C)n(C[C@@H](C)CN[C@H](C)Cn2cnc(C)c2C)n1. The molecular weight excluding hydrogens is 274 g/mol. The van der Waals surface area contributed by atoms with Crippen LogP contribution in [0, 0.1) is 33.6 Å². The highest BCUT2D eigenvalue weighted by Gasteiger charge is 2.10. The van der Waals surface area contributed by atoms with Crippen LogP contribution in [0.3, 0.4) is 0 Å². The number of nitrogens with one attached hydrogen (secondary N) is 1. The van der Waals surface area contributed by atoms with E-state index in [1.165, 1.54) is 11.4 Å². The zero-order chi connectivity index (χ0) is 16.3. The highest BCUT2D eigenvalue weighted by Crippen LogP contribution is 2.07. The fourth-order valence-electron chi connectivity index (χ4n) is 2.71. The van der Waals surface area contributed by atoms with Crippen LogP contribution in [0.4, 0.5) is 0 Å². The van der Waals surface area contributed by atoms with Gasteiger partial charge in [-0.25, -0.2) is 4.98 Å². The molecule has 5 nitrogen and oxygen atoms in total. The quantitative estimate of drug-likeness (QED) is 0.855. The largest absolute Gasteiger partial charge is 0.333 e. The van der Waals surface area contributed by atoms with Crippen molar-refractivity contribution < 1.29 is 0 Å². The molecule has 0 aliphatic rings. The molecule has 0 spiro atoms. The molecule has 0 saturated heterocycles. The Morgan fingerprint density at radius 3 is 2.41 bits per heavy atom. The number of imidazole rings is 1. The average molecular weight is 303 g/mol. The molecular formula is C17H29N5. The Kier molecular flexibility index (Phi) is 5.40. The van der Waals surface area contributed by atoms with Crippen molar-refractivity contribution in [3.05, 3.63) is 35.2 Å². The number of nitrogens with zero attached hydrogens (tertiary/aromatic N) is 4. The van der Waals surface area contributed by atoms with Crippen LogP contribution in [0.15, 0.2) is 12.4 Å². The summed E-state index contributed by atoms with van der Waals surface area (Å²) in [6.07, 6.45) is 1.93.